The van der Waals surface area contributed by atoms with Crippen LogP contribution in [0.3, 0.4) is 0 Å². The van der Waals surface area contributed by atoms with Crippen molar-refractivity contribution >= 4 is 5.97 Å². The van der Waals surface area contributed by atoms with Gasteiger partial charge in [-0.05, 0) is 47.4 Å². The molecule has 30 heavy (non-hydrogen) atoms. The molecule has 3 nitrogen and oxygen atoms in total. The lowest BCUT2D eigenvalue weighted by Crippen LogP contribution is -2.18. The lowest BCUT2D eigenvalue weighted by atomic mass is 9.79. The molecule has 0 spiro atoms. The highest BCUT2D eigenvalue weighted by molar-refractivity contribution is 5.92. The highest BCUT2D eigenvalue weighted by Gasteiger charge is 2.27. The van der Waals surface area contributed by atoms with E-state index < -0.39 is 0 Å². The van der Waals surface area contributed by atoms with Gasteiger partial charge in [-0.3, -0.25) is 0 Å². The number of ether oxygens (including phenoxy) is 1. The fourth-order valence-corrected chi connectivity index (χ4v) is 3.65. The first-order valence-corrected chi connectivity index (χ1v) is 11.1. The number of carbonyl (C=O) groups is 1. The Morgan fingerprint density at radius 2 is 1.47 bits per heavy atom. The van der Waals surface area contributed by atoms with Crippen LogP contribution in [0, 0.1) is 0 Å². The lowest BCUT2D eigenvalue weighted by molar-refractivity contribution is 0.0732. The number of aromatic hydroxyl groups is 1. The molecule has 0 aromatic heterocycles. The number of hydrogen-bond acceptors (Lipinski definition) is 3. The third-order valence-corrected chi connectivity index (χ3v) is 5.45. The number of phenolic OH excluding ortho intramolecular Hbond substituents is 1. The Hall–Kier alpha value is -2.29. The van der Waals surface area contributed by atoms with Crippen LogP contribution in [-0.2, 0) is 17.3 Å². The Morgan fingerprint density at radius 1 is 0.900 bits per heavy atom. The second-order valence-electron chi connectivity index (χ2n) is 10.2. The molecule has 0 atom stereocenters. The van der Waals surface area contributed by atoms with E-state index >= 15 is 0 Å². The molecule has 2 aromatic rings. The van der Waals surface area contributed by atoms with Crippen molar-refractivity contribution in [2.75, 3.05) is 0 Å². The Balaban J connectivity index is 2.36. The highest BCUT2D eigenvalue weighted by Crippen LogP contribution is 2.41. The van der Waals surface area contributed by atoms with Crippen LogP contribution in [0.5, 0.6) is 11.5 Å². The first kappa shape index (κ1) is 24.0. The van der Waals surface area contributed by atoms with Crippen LogP contribution in [0.4, 0.5) is 0 Å². The summed E-state index contributed by atoms with van der Waals surface area (Å²) in [7, 11) is 0. The molecule has 0 saturated heterocycles. The van der Waals surface area contributed by atoms with E-state index in [9.17, 15) is 9.90 Å². The van der Waals surface area contributed by atoms with Crippen LogP contribution in [0.25, 0.3) is 0 Å². The van der Waals surface area contributed by atoms with Crippen molar-refractivity contribution in [1.29, 1.82) is 0 Å². The van der Waals surface area contributed by atoms with Crippen molar-refractivity contribution < 1.29 is 14.6 Å². The molecule has 0 radical (unpaired) electrons. The summed E-state index contributed by atoms with van der Waals surface area (Å²) in [6.07, 6.45) is 5.52. The van der Waals surface area contributed by atoms with Crippen molar-refractivity contribution in [3.63, 3.8) is 0 Å². The summed E-state index contributed by atoms with van der Waals surface area (Å²) in [5, 5.41) is 10.9. The summed E-state index contributed by atoms with van der Waals surface area (Å²) in [5.41, 5.74) is 2.67. The number of rotatable bonds is 7. The van der Waals surface area contributed by atoms with E-state index in [1.165, 1.54) is 19.3 Å². The van der Waals surface area contributed by atoms with E-state index in [1.807, 2.05) is 65.8 Å². The molecule has 0 unspecified atom stereocenters. The molecule has 0 heterocycles. The molecular weight excluding hydrogens is 372 g/mol. The molecule has 0 amide bonds. The monoisotopic (exact) mass is 410 g/mol. The van der Waals surface area contributed by atoms with Gasteiger partial charge in [-0.15, -0.1) is 0 Å². The largest absolute Gasteiger partial charge is 0.507 e. The maximum absolute atomic E-state index is 13.0. The van der Waals surface area contributed by atoms with Crippen LogP contribution in [0.2, 0.25) is 0 Å². The number of hydrogen-bond donors (Lipinski definition) is 1. The van der Waals surface area contributed by atoms with Gasteiger partial charge >= 0.3 is 5.97 Å². The van der Waals surface area contributed by atoms with Gasteiger partial charge in [-0.25, -0.2) is 4.79 Å². The van der Waals surface area contributed by atoms with Crippen molar-refractivity contribution in [2.45, 2.75) is 91.4 Å². The van der Waals surface area contributed by atoms with Gasteiger partial charge in [-0.2, -0.15) is 0 Å². The second kappa shape index (κ2) is 9.68. The fourth-order valence-electron chi connectivity index (χ4n) is 3.65. The predicted octanol–water partition coefficient (Wildman–Crippen LogP) is 7.33. The minimum absolute atomic E-state index is 0.274. The molecule has 164 valence electrons. The number of aryl methyl sites for hydroxylation is 1. The van der Waals surface area contributed by atoms with Gasteiger partial charge in [0.15, 0.2) is 0 Å². The predicted molar refractivity (Wildman–Crippen MR) is 125 cm³/mol. The topological polar surface area (TPSA) is 46.5 Å². The minimum Gasteiger partial charge on any atom is -0.507 e. The number of carbonyl (C=O) groups excluding carboxylic acids is 1. The molecule has 0 aliphatic heterocycles. The van der Waals surface area contributed by atoms with Crippen molar-refractivity contribution in [2.24, 2.45) is 0 Å². The van der Waals surface area contributed by atoms with E-state index in [1.54, 1.807) is 12.1 Å². The zero-order chi connectivity index (χ0) is 22.5. The lowest BCUT2D eigenvalue weighted by Gasteiger charge is -2.28. The smallest absolute Gasteiger partial charge is 0.343 e. The van der Waals surface area contributed by atoms with Crippen molar-refractivity contribution in [1.82, 2.24) is 0 Å². The average molecular weight is 411 g/mol. The zero-order valence-corrected chi connectivity index (χ0v) is 19.8. The molecule has 0 saturated carbocycles. The Bertz CT molecular complexity index is 831. The van der Waals surface area contributed by atoms with Gasteiger partial charge in [0.25, 0.3) is 0 Å². The molecule has 3 heteroatoms. The van der Waals surface area contributed by atoms with Gasteiger partial charge in [0.2, 0.25) is 0 Å². The van der Waals surface area contributed by atoms with Gasteiger partial charge in [0, 0.05) is 11.1 Å². The molecular formula is C27H38O3. The van der Waals surface area contributed by atoms with E-state index in [0.717, 1.165) is 29.5 Å². The summed E-state index contributed by atoms with van der Waals surface area (Å²) in [6.45, 7) is 14.5. The molecule has 0 aliphatic carbocycles. The second-order valence-corrected chi connectivity index (χ2v) is 10.2. The Morgan fingerprint density at radius 3 is 2.00 bits per heavy atom. The van der Waals surface area contributed by atoms with Crippen LogP contribution in [0.15, 0.2) is 36.4 Å². The summed E-state index contributed by atoms with van der Waals surface area (Å²) in [5.74, 6) is 0.422. The standard InChI is InChI=1S/C27H38O3/c1-8-9-10-11-14-19-15-12-13-16-21(19)25(29)30-20-17-22(26(2,3)4)24(28)23(18-20)27(5,6)7/h12-13,15-18,28H,8-11,14H2,1-7H3. The quantitative estimate of drug-likeness (QED) is 0.295. The third-order valence-electron chi connectivity index (χ3n) is 5.45. The summed E-state index contributed by atoms with van der Waals surface area (Å²) < 4.78 is 5.85. The van der Waals surface area contributed by atoms with E-state index in [0.29, 0.717) is 11.3 Å². The van der Waals surface area contributed by atoms with Gasteiger partial charge < -0.3 is 9.84 Å². The van der Waals surface area contributed by atoms with Gasteiger partial charge in [0.05, 0.1) is 5.56 Å². The Labute approximate surface area is 182 Å². The molecule has 0 fully saturated rings. The van der Waals surface area contributed by atoms with Gasteiger partial charge in [-0.1, -0.05) is 85.9 Å². The van der Waals surface area contributed by atoms with E-state index in [4.69, 9.17) is 4.74 Å². The molecule has 2 aromatic carbocycles. The molecule has 0 aliphatic rings. The number of unbranched alkanes of at least 4 members (excludes halogenated alkanes) is 3. The van der Waals surface area contributed by atoms with Crippen LogP contribution in [-0.4, -0.2) is 11.1 Å². The summed E-state index contributed by atoms with van der Waals surface area (Å²) in [4.78, 5) is 13.0. The number of benzene rings is 2. The van der Waals surface area contributed by atoms with Crippen LogP contribution in [0.1, 0.15) is 101 Å². The average Bonchev–Trinajstić information content (AvgIpc) is 2.65. The molecule has 1 N–H and O–H groups in total. The minimum atomic E-state index is -0.341. The maximum Gasteiger partial charge on any atom is 0.343 e. The first-order valence-electron chi connectivity index (χ1n) is 11.1. The maximum atomic E-state index is 13.0. The Kier molecular flexibility index (Phi) is 7.74. The number of esters is 1. The number of phenols is 1. The van der Waals surface area contributed by atoms with E-state index in [2.05, 4.69) is 6.92 Å². The first-order chi connectivity index (χ1) is 13.9. The van der Waals surface area contributed by atoms with Crippen LogP contribution >= 0.6 is 0 Å². The SMILES string of the molecule is CCCCCCc1ccccc1C(=O)Oc1cc(C(C)(C)C)c(O)c(C(C)(C)C)c1. The van der Waals surface area contributed by atoms with Crippen molar-refractivity contribution in [3.8, 4) is 11.5 Å². The van der Waals surface area contributed by atoms with Gasteiger partial charge in [0.1, 0.15) is 11.5 Å². The fraction of sp³-hybridized carbons (Fsp3) is 0.519. The third kappa shape index (κ3) is 6.10. The molecule has 0 bridgehead atoms. The summed E-state index contributed by atoms with van der Waals surface area (Å²) >= 11 is 0. The zero-order valence-electron chi connectivity index (χ0n) is 19.8. The molecule has 2 rings (SSSR count). The van der Waals surface area contributed by atoms with Crippen LogP contribution < -0.4 is 4.74 Å². The van der Waals surface area contributed by atoms with E-state index in [-0.39, 0.29) is 22.5 Å². The highest BCUT2D eigenvalue weighted by atomic mass is 16.5. The summed E-state index contributed by atoms with van der Waals surface area (Å²) in [6, 6.07) is 11.3. The normalized spacial score (nSPS) is 12.1. The van der Waals surface area contributed by atoms with Crippen molar-refractivity contribution in [3.05, 3.63) is 58.7 Å².